The van der Waals surface area contributed by atoms with Crippen molar-refractivity contribution in [2.45, 2.75) is 64.0 Å². The first-order valence-electron chi connectivity index (χ1n) is 11.4. The van der Waals surface area contributed by atoms with Crippen molar-refractivity contribution in [1.29, 1.82) is 0 Å². The number of hydrogen-bond donors (Lipinski definition) is 2. The maximum atomic E-state index is 12.6. The Morgan fingerprint density at radius 1 is 1.23 bits per heavy atom. The first-order valence-corrected chi connectivity index (χ1v) is 11.4. The highest BCUT2D eigenvalue weighted by Crippen LogP contribution is 2.36. The molecule has 0 bridgehead atoms. The molecule has 8 heteroatoms. The predicted molar refractivity (Wildman–Crippen MR) is 117 cm³/mol. The Hall–Kier alpha value is -2.61. The molecule has 1 saturated carbocycles. The number of carbonyl (C=O) groups excluding carboxylic acids is 2. The van der Waals surface area contributed by atoms with Gasteiger partial charge in [-0.3, -0.25) is 14.9 Å². The fourth-order valence-electron chi connectivity index (χ4n) is 4.69. The molecule has 168 valence electrons. The molecule has 8 nitrogen and oxygen atoms in total. The molecule has 0 radical (unpaired) electrons. The highest BCUT2D eigenvalue weighted by atomic mass is 16.5. The zero-order valence-corrected chi connectivity index (χ0v) is 18.0. The lowest BCUT2D eigenvalue weighted by molar-refractivity contribution is -0.134. The monoisotopic (exact) mass is 428 g/mol. The summed E-state index contributed by atoms with van der Waals surface area (Å²) in [4.78, 5) is 32.6. The molecule has 31 heavy (non-hydrogen) atoms. The number of rotatable bonds is 10. The molecule has 0 aromatic heterocycles. The summed E-state index contributed by atoms with van der Waals surface area (Å²) in [5.41, 5.74) is 1.85. The van der Waals surface area contributed by atoms with Gasteiger partial charge in [-0.05, 0) is 38.2 Å². The number of aliphatic imine (C=N–C) groups is 1. The van der Waals surface area contributed by atoms with E-state index < -0.39 is 0 Å². The molecule has 4 rings (SSSR count). The zero-order chi connectivity index (χ0) is 21.6. The molecule has 1 saturated heterocycles. The SMILES string of the molecule is O=C1CN2Cc3cccc(OCCCCCC(=O)N(CCO)C4CCCC4)c3N=C2N1. The van der Waals surface area contributed by atoms with Gasteiger partial charge >= 0.3 is 0 Å². The van der Waals surface area contributed by atoms with Crippen LogP contribution in [0.5, 0.6) is 5.75 Å². The molecule has 1 aromatic rings. The molecule has 3 aliphatic rings. The summed E-state index contributed by atoms with van der Waals surface area (Å²) in [6.45, 7) is 2.04. The predicted octanol–water partition coefficient (Wildman–Crippen LogP) is 2.32. The van der Waals surface area contributed by atoms with Crippen LogP contribution in [0.2, 0.25) is 0 Å². The molecule has 0 unspecified atom stereocenters. The Kier molecular flexibility index (Phi) is 7.06. The first kappa shape index (κ1) is 21.6. The smallest absolute Gasteiger partial charge is 0.246 e. The second kappa shape index (κ2) is 10.1. The number of nitrogens with zero attached hydrogens (tertiary/aromatic N) is 3. The second-order valence-corrected chi connectivity index (χ2v) is 8.51. The van der Waals surface area contributed by atoms with E-state index in [-0.39, 0.29) is 18.4 Å². The normalized spacial score (nSPS) is 17.8. The van der Waals surface area contributed by atoms with Crippen molar-refractivity contribution in [2.24, 2.45) is 4.99 Å². The molecule has 0 spiro atoms. The molecular weight excluding hydrogens is 396 g/mol. The van der Waals surface area contributed by atoms with Gasteiger partial charge in [0, 0.05) is 31.1 Å². The number of guanidine groups is 1. The maximum Gasteiger partial charge on any atom is 0.246 e. The van der Waals surface area contributed by atoms with E-state index in [1.165, 1.54) is 12.8 Å². The first-order chi connectivity index (χ1) is 15.2. The van der Waals surface area contributed by atoms with E-state index in [2.05, 4.69) is 10.3 Å². The summed E-state index contributed by atoms with van der Waals surface area (Å²) in [5, 5.41) is 12.1. The summed E-state index contributed by atoms with van der Waals surface area (Å²) in [7, 11) is 0. The van der Waals surface area contributed by atoms with Gasteiger partial charge in [0.2, 0.25) is 17.8 Å². The fourth-order valence-corrected chi connectivity index (χ4v) is 4.69. The van der Waals surface area contributed by atoms with E-state index in [9.17, 15) is 14.7 Å². The number of carbonyl (C=O) groups is 2. The van der Waals surface area contributed by atoms with Gasteiger partial charge in [-0.1, -0.05) is 25.0 Å². The summed E-state index contributed by atoms with van der Waals surface area (Å²) in [6.07, 6.45) is 7.61. The summed E-state index contributed by atoms with van der Waals surface area (Å²) >= 11 is 0. The topological polar surface area (TPSA) is 94.5 Å². The Labute approximate surface area is 183 Å². The van der Waals surface area contributed by atoms with Crippen LogP contribution in [0, 0.1) is 0 Å². The number of ether oxygens (including phenoxy) is 1. The van der Waals surface area contributed by atoms with E-state index in [4.69, 9.17) is 4.74 Å². The van der Waals surface area contributed by atoms with Crippen molar-refractivity contribution < 1.29 is 19.4 Å². The largest absolute Gasteiger partial charge is 0.491 e. The van der Waals surface area contributed by atoms with Crippen LogP contribution in [0.15, 0.2) is 23.2 Å². The third-order valence-corrected chi connectivity index (χ3v) is 6.27. The zero-order valence-electron chi connectivity index (χ0n) is 18.0. The molecule has 0 atom stereocenters. The molecular formula is C23H32N4O4. The van der Waals surface area contributed by atoms with Gasteiger partial charge in [-0.2, -0.15) is 0 Å². The number of nitrogens with one attached hydrogen (secondary N) is 1. The van der Waals surface area contributed by atoms with E-state index in [0.29, 0.717) is 44.7 Å². The van der Waals surface area contributed by atoms with Crippen molar-refractivity contribution in [2.75, 3.05) is 26.3 Å². The minimum absolute atomic E-state index is 0.0309. The number of benzene rings is 1. The fraction of sp³-hybridized carbons (Fsp3) is 0.609. The van der Waals surface area contributed by atoms with E-state index in [1.807, 2.05) is 28.0 Å². The van der Waals surface area contributed by atoms with Gasteiger partial charge in [0.15, 0.2) is 0 Å². The number of hydrogen-bond acceptors (Lipinski definition) is 6. The summed E-state index contributed by atoms with van der Waals surface area (Å²) in [6, 6.07) is 6.19. The maximum absolute atomic E-state index is 12.6. The van der Waals surface area contributed by atoms with E-state index >= 15 is 0 Å². The molecule has 1 aliphatic carbocycles. The number of amides is 2. The standard InChI is InChI=1S/C23H32N4O4/c28-13-12-27(18-8-3-4-9-18)21(30)11-2-1-5-14-31-19-10-6-7-17-15-26-16-20(29)24-23(26)25-22(17)19/h6-7,10,18,28H,1-5,8-9,11-16H2,(H,24,25,29). The van der Waals surface area contributed by atoms with Gasteiger partial charge in [-0.15, -0.1) is 0 Å². The van der Waals surface area contributed by atoms with E-state index in [1.54, 1.807) is 0 Å². The number of aliphatic hydroxyl groups is 1. The van der Waals surface area contributed by atoms with Crippen LogP contribution in [0.3, 0.4) is 0 Å². The van der Waals surface area contributed by atoms with Crippen molar-refractivity contribution in [3.8, 4) is 5.75 Å². The lowest BCUT2D eigenvalue weighted by atomic mass is 10.1. The summed E-state index contributed by atoms with van der Waals surface area (Å²) in [5.74, 6) is 1.46. The van der Waals surface area contributed by atoms with Crippen LogP contribution in [0.1, 0.15) is 56.9 Å². The van der Waals surface area contributed by atoms with Crippen molar-refractivity contribution in [3.05, 3.63) is 23.8 Å². The summed E-state index contributed by atoms with van der Waals surface area (Å²) < 4.78 is 5.99. The molecule has 2 heterocycles. The molecule has 2 aliphatic heterocycles. The lowest BCUT2D eigenvalue weighted by Crippen LogP contribution is -2.40. The van der Waals surface area contributed by atoms with E-state index in [0.717, 1.165) is 49.1 Å². The van der Waals surface area contributed by atoms with Gasteiger partial charge in [0.05, 0.1) is 13.2 Å². The lowest BCUT2D eigenvalue weighted by Gasteiger charge is -2.28. The quantitative estimate of drug-likeness (QED) is 0.558. The minimum atomic E-state index is -0.0333. The van der Waals surface area contributed by atoms with Crippen molar-refractivity contribution in [3.63, 3.8) is 0 Å². The minimum Gasteiger partial charge on any atom is -0.491 e. The number of unbranched alkanes of at least 4 members (excludes halogenated alkanes) is 2. The molecule has 2 amide bonds. The Morgan fingerprint density at radius 2 is 2.06 bits per heavy atom. The van der Waals surface area contributed by atoms with Crippen LogP contribution in [-0.2, 0) is 16.1 Å². The molecule has 1 aromatic carbocycles. The Morgan fingerprint density at radius 3 is 2.87 bits per heavy atom. The Bertz CT molecular complexity index is 835. The van der Waals surface area contributed by atoms with Crippen LogP contribution in [0.4, 0.5) is 5.69 Å². The van der Waals surface area contributed by atoms with Gasteiger partial charge in [0.1, 0.15) is 18.0 Å². The second-order valence-electron chi connectivity index (χ2n) is 8.51. The average Bonchev–Trinajstić information content (AvgIpc) is 3.41. The van der Waals surface area contributed by atoms with Crippen molar-refractivity contribution >= 4 is 23.5 Å². The highest BCUT2D eigenvalue weighted by molar-refractivity contribution is 6.06. The average molecular weight is 429 g/mol. The van der Waals surface area contributed by atoms with Gasteiger partial charge in [-0.25, -0.2) is 4.99 Å². The molecule has 2 N–H and O–H groups in total. The van der Waals surface area contributed by atoms with Crippen molar-refractivity contribution in [1.82, 2.24) is 15.1 Å². The number of para-hydroxylation sites is 1. The number of fused-ring (bicyclic) bond motifs is 2. The highest BCUT2D eigenvalue weighted by Gasteiger charge is 2.30. The third-order valence-electron chi connectivity index (χ3n) is 6.27. The third kappa shape index (κ3) is 5.18. The van der Waals surface area contributed by atoms with Gasteiger partial charge < -0.3 is 19.6 Å². The van der Waals surface area contributed by atoms with Crippen LogP contribution >= 0.6 is 0 Å². The Balaban J connectivity index is 1.21. The number of aliphatic hydroxyl groups excluding tert-OH is 1. The molecule has 2 fully saturated rings. The van der Waals surface area contributed by atoms with Gasteiger partial charge in [0.25, 0.3) is 0 Å². The van der Waals surface area contributed by atoms with Crippen LogP contribution < -0.4 is 10.1 Å². The van der Waals surface area contributed by atoms with Crippen LogP contribution in [0.25, 0.3) is 0 Å². The van der Waals surface area contributed by atoms with Crippen LogP contribution in [-0.4, -0.2) is 65.0 Å².